The number of halogens is 2. The van der Waals surface area contributed by atoms with Gasteiger partial charge in [-0.15, -0.1) is 11.8 Å². The lowest BCUT2D eigenvalue weighted by molar-refractivity contribution is -0.125. The molecule has 172 valence electrons. The van der Waals surface area contributed by atoms with Crippen LogP contribution in [0.25, 0.3) is 0 Å². The van der Waals surface area contributed by atoms with E-state index >= 15 is 0 Å². The molecule has 0 aromatic heterocycles. The third kappa shape index (κ3) is 3.63. The number of rotatable bonds is 5. The van der Waals surface area contributed by atoms with Gasteiger partial charge in [-0.1, -0.05) is 54.1 Å². The van der Waals surface area contributed by atoms with E-state index in [9.17, 15) is 18.8 Å². The van der Waals surface area contributed by atoms with Gasteiger partial charge in [-0.2, -0.15) is 0 Å². The standard InChI is InChI=1S/C25H19ClFN3O3S/c26-20-10-3-1-6-16(20)13-28-22(31)14-29-21-11-4-2-9-19(21)25(24(29)33)30(23(32)15-34-25)18-8-5-7-17(27)12-18/h1-12H,13-15H2,(H,28,31)/t25-/m1/s1. The minimum absolute atomic E-state index is 0.0587. The lowest BCUT2D eigenvalue weighted by atomic mass is 10.0. The van der Waals surface area contributed by atoms with Gasteiger partial charge in [-0.05, 0) is 35.9 Å². The first kappa shape index (κ1) is 22.4. The molecule has 2 heterocycles. The summed E-state index contributed by atoms with van der Waals surface area (Å²) in [5, 5.41) is 3.34. The van der Waals surface area contributed by atoms with Crippen molar-refractivity contribution in [1.29, 1.82) is 0 Å². The molecule has 6 nitrogen and oxygen atoms in total. The number of carbonyl (C=O) groups is 3. The average Bonchev–Trinajstić information content (AvgIpc) is 3.29. The molecular formula is C25H19ClFN3O3S. The maximum atomic E-state index is 14.0. The van der Waals surface area contributed by atoms with Crippen LogP contribution in [-0.2, 0) is 25.8 Å². The van der Waals surface area contributed by atoms with Crippen molar-refractivity contribution < 1.29 is 18.8 Å². The Morgan fingerprint density at radius 1 is 1.06 bits per heavy atom. The minimum Gasteiger partial charge on any atom is -0.350 e. The first-order valence-electron chi connectivity index (χ1n) is 10.6. The fourth-order valence-electron chi connectivity index (χ4n) is 4.36. The highest BCUT2D eigenvalue weighted by molar-refractivity contribution is 8.02. The van der Waals surface area contributed by atoms with Gasteiger partial charge in [0.2, 0.25) is 16.7 Å². The molecule has 9 heteroatoms. The molecule has 0 unspecified atom stereocenters. The molecule has 3 aromatic carbocycles. The van der Waals surface area contributed by atoms with Crippen LogP contribution in [-0.4, -0.2) is 30.0 Å². The molecule has 2 aliphatic rings. The number of hydrogen-bond acceptors (Lipinski definition) is 4. The third-order valence-electron chi connectivity index (χ3n) is 5.87. The SMILES string of the molecule is O=C(CN1C(=O)[C@]2(SCC(=O)N2c2cccc(F)c2)c2ccccc21)NCc1ccccc1Cl. The monoisotopic (exact) mass is 495 g/mol. The number of nitrogens with zero attached hydrogens (tertiary/aromatic N) is 2. The zero-order valence-corrected chi connectivity index (χ0v) is 19.4. The number of para-hydroxylation sites is 1. The smallest absolute Gasteiger partial charge is 0.269 e. The summed E-state index contributed by atoms with van der Waals surface area (Å²) in [5.41, 5.74) is 2.20. The van der Waals surface area contributed by atoms with Gasteiger partial charge in [0.05, 0.1) is 11.4 Å². The van der Waals surface area contributed by atoms with E-state index in [4.69, 9.17) is 11.6 Å². The summed E-state index contributed by atoms with van der Waals surface area (Å²) in [5.74, 6) is -1.53. The van der Waals surface area contributed by atoms with Gasteiger partial charge in [0.1, 0.15) is 12.4 Å². The van der Waals surface area contributed by atoms with Crippen LogP contribution in [0.15, 0.2) is 72.8 Å². The van der Waals surface area contributed by atoms with E-state index in [0.29, 0.717) is 22.0 Å². The van der Waals surface area contributed by atoms with E-state index in [-0.39, 0.29) is 30.7 Å². The highest BCUT2D eigenvalue weighted by Gasteiger charge is 2.61. The van der Waals surface area contributed by atoms with E-state index in [0.717, 1.165) is 5.56 Å². The molecule has 3 aromatic rings. The molecule has 34 heavy (non-hydrogen) atoms. The summed E-state index contributed by atoms with van der Waals surface area (Å²) in [6, 6.07) is 19.9. The summed E-state index contributed by atoms with van der Waals surface area (Å²) in [4.78, 5) is 41.0. The van der Waals surface area contributed by atoms with E-state index in [1.807, 2.05) is 12.1 Å². The second-order valence-corrected chi connectivity index (χ2v) is 9.49. The third-order valence-corrected chi connectivity index (χ3v) is 7.62. The Labute approximate surface area is 204 Å². The zero-order chi connectivity index (χ0) is 23.9. The molecule has 5 rings (SSSR count). The van der Waals surface area contributed by atoms with Gasteiger partial charge in [0.15, 0.2) is 0 Å². The number of hydrogen-bond donors (Lipinski definition) is 1. The molecule has 0 bridgehead atoms. The summed E-state index contributed by atoms with van der Waals surface area (Å²) >= 11 is 7.34. The van der Waals surface area contributed by atoms with E-state index in [2.05, 4.69) is 5.32 Å². The Morgan fingerprint density at radius 3 is 2.62 bits per heavy atom. The summed E-state index contributed by atoms with van der Waals surface area (Å²) in [6.07, 6.45) is 0. The number of anilines is 2. The summed E-state index contributed by atoms with van der Waals surface area (Å²) in [7, 11) is 0. The predicted octanol–water partition coefficient (Wildman–Crippen LogP) is 4.07. The first-order chi connectivity index (χ1) is 16.4. The number of amides is 3. The topological polar surface area (TPSA) is 69.7 Å². The van der Waals surface area contributed by atoms with Crippen LogP contribution in [0.1, 0.15) is 11.1 Å². The quantitative estimate of drug-likeness (QED) is 0.579. The fourth-order valence-corrected chi connectivity index (χ4v) is 5.92. The number of carbonyl (C=O) groups excluding carboxylic acids is 3. The van der Waals surface area contributed by atoms with Crippen molar-refractivity contribution in [3.8, 4) is 0 Å². The Kier molecular flexibility index (Phi) is 5.79. The largest absolute Gasteiger partial charge is 0.350 e. The molecule has 1 fully saturated rings. The predicted molar refractivity (Wildman–Crippen MR) is 130 cm³/mol. The lowest BCUT2D eigenvalue weighted by Gasteiger charge is -2.33. The van der Waals surface area contributed by atoms with Crippen molar-refractivity contribution in [3.05, 3.63) is 94.8 Å². The lowest BCUT2D eigenvalue weighted by Crippen LogP contribution is -2.51. The van der Waals surface area contributed by atoms with Crippen molar-refractivity contribution in [3.63, 3.8) is 0 Å². The van der Waals surface area contributed by atoms with Gasteiger partial charge in [-0.3, -0.25) is 24.2 Å². The first-order valence-corrected chi connectivity index (χ1v) is 11.9. The number of fused-ring (bicyclic) bond motifs is 2. The van der Waals surface area contributed by atoms with Crippen LogP contribution in [0.2, 0.25) is 5.02 Å². The number of nitrogens with one attached hydrogen (secondary N) is 1. The van der Waals surface area contributed by atoms with E-state index < -0.39 is 16.6 Å². The molecule has 1 saturated heterocycles. The summed E-state index contributed by atoms with van der Waals surface area (Å²) in [6.45, 7) is -0.0101. The molecule has 0 saturated carbocycles. The summed E-state index contributed by atoms with van der Waals surface area (Å²) < 4.78 is 14.0. The van der Waals surface area contributed by atoms with Crippen molar-refractivity contribution in [1.82, 2.24) is 5.32 Å². The van der Waals surface area contributed by atoms with Gasteiger partial charge < -0.3 is 5.32 Å². The molecular weight excluding hydrogens is 477 g/mol. The highest BCUT2D eigenvalue weighted by Crippen LogP contribution is 2.55. The Bertz CT molecular complexity index is 1320. The maximum absolute atomic E-state index is 14.0. The average molecular weight is 496 g/mol. The van der Waals surface area contributed by atoms with Crippen molar-refractivity contribution in [2.45, 2.75) is 11.4 Å². The Hall–Kier alpha value is -3.36. The second-order valence-electron chi connectivity index (χ2n) is 7.92. The van der Waals surface area contributed by atoms with Gasteiger partial charge in [-0.25, -0.2) is 4.39 Å². The zero-order valence-electron chi connectivity index (χ0n) is 17.8. The molecule has 1 atom stereocenters. The minimum atomic E-state index is -1.40. The van der Waals surface area contributed by atoms with Gasteiger partial charge in [0, 0.05) is 22.8 Å². The molecule has 3 amide bonds. The fraction of sp³-hybridized carbons (Fsp3) is 0.160. The van der Waals surface area contributed by atoms with Crippen LogP contribution in [0.4, 0.5) is 15.8 Å². The molecule has 0 aliphatic carbocycles. The molecule has 2 aliphatic heterocycles. The Morgan fingerprint density at radius 2 is 1.82 bits per heavy atom. The van der Waals surface area contributed by atoms with Gasteiger partial charge >= 0.3 is 0 Å². The van der Waals surface area contributed by atoms with Gasteiger partial charge in [0.25, 0.3) is 5.91 Å². The van der Waals surface area contributed by atoms with Crippen molar-refractivity contribution >= 4 is 52.5 Å². The second kappa shape index (κ2) is 8.77. The highest BCUT2D eigenvalue weighted by atomic mass is 35.5. The van der Waals surface area contributed by atoms with Crippen LogP contribution in [0.3, 0.4) is 0 Å². The van der Waals surface area contributed by atoms with Crippen LogP contribution in [0, 0.1) is 5.82 Å². The van der Waals surface area contributed by atoms with Crippen LogP contribution < -0.4 is 15.1 Å². The van der Waals surface area contributed by atoms with Crippen molar-refractivity contribution in [2.75, 3.05) is 22.1 Å². The van der Waals surface area contributed by atoms with Crippen LogP contribution in [0.5, 0.6) is 0 Å². The normalized spacial score (nSPS) is 19.1. The molecule has 1 N–H and O–H groups in total. The van der Waals surface area contributed by atoms with E-state index in [1.165, 1.54) is 39.8 Å². The number of benzene rings is 3. The molecule has 1 spiro atoms. The van der Waals surface area contributed by atoms with Crippen molar-refractivity contribution in [2.24, 2.45) is 0 Å². The Balaban J connectivity index is 1.46. The maximum Gasteiger partial charge on any atom is 0.269 e. The van der Waals surface area contributed by atoms with E-state index in [1.54, 1.807) is 42.5 Å². The molecule has 0 radical (unpaired) electrons. The van der Waals surface area contributed by atoms with Crippen LogP contribution >= 0.6 is 23.4 Å². The number of thioether (sulfide) groups is 1.